The van der Waals surface area contributed by atoms with Gasteiger partial charge in [-0.15, -0.1) is 22.7 Å². The minimum atomic E-state index is 0.236. The molecule has 0 spiro atoms. The highest BCUT2D eigenvalue weighted by atomic mass is 32.1. The Morgan fingerprint density at radius 1 is 1.08 bits per heavy atom. The van der Waals surface area contributed by atoms with E-state index in [0.717, 1.165) is 52.6 Å². The number of benzene rings is 1. The van der Waals surface area contributed by atoms with Crippen molar-refractivity contribution in [3.63, 3.8) is 0 Å². The number of aliphatic imine (C=N–C) groups is 1. The Morgan fingerprint density at radius 3 is 2.75 bits per heavy atom. The molecule has 1 aliphatic heterocycles. The average molecular weight is 357 g/mol. The third kappa shape index (κ3) is 3.10. The highest BCUT2D eigenvalue weighted by molar-refractivity contribution is 7.14. The number of nitrogens with one attached hydrogen (secondary N) is 2. The lowest BCUT2D eigenvalue weighted by Gasteiger charge is -2.13. The summed E-state index contributed by atoms with van der Waals surface area (Å²) in [7, 11) is 0. The van der Waals surface area contributed by atoms with Crippen LogP contribution >= 0.6 is 22.7 Å². The Bertz CT molecular complexity index is 886. The molecule has 122 valence electrons. The second-order valence-corrected chi connectivity index (χ2v) is 6.94. The van der Waals surface area contributed by atoms with E-state index in [9.17, 15) is 5.11 Å². The van der Waals surface area contributed by atoms with E-state index in [0.29, 0.717) is 0 Å². The minimum Gasteiger partial charge on any atom is -0.507 e. The first-order valence-corrected chi connectivity index (χ1v) is 9.31. The molecule has 0 amide bonds. The predicted octanol–water partition coefficient (Wildman–Crippen LogP) is 3.40. The molecule has 2 aromatic heterocycles. The number of nitrogens with zero attached hydrogens (tertiary/aromatic N) is 3. The van der Waals surface area contributed by atoms with Gasteiger partial charge in [-0.25, -0.2) is 9.97 Å². The number of hydrogen-bond donors (Lipinski definition) is 3. The maximum absolute atomic E-state index is 9.95. The van der Waals surface area contributed by atoms with E-state index in [-0.39, 0.29) is 5.75 Å². The van der Waals surface area contributed by atoms with Crippen molar-refractivity contribution in [3.8, 4) is 27.7 Å². The van der Waals surface area contributed by atoms with Crippen LogP contribution in [0.2, 0.25) is 0 Å². The first-order chi connectivity index (χ1) is 11.8. The van der Waals surface area contributed by atoms with E-state index in [2.05, 4.69) is 25.6 Å². The zero-order valence-corrected chi connectivity index (χ0v) is 14.3. The van der Waals surface area contributed by atoms with Gasteiger partial charge in [0.15, 0.2) is 11.1 Å². The molecule has 0 bridgehead atoms. The number of guanidine groups is 1. The normalized spacial score (nSPS) is 14.1. The molecule has 4 rings (SSSR count). The molecule has 0 unspecified atom stereocenters. The lowest BCUT2D eigenvalue weighted by atomic mass is 10.2. The van der Waals surface area contributed by atoms with Crippen LogP contribution < -0.4 is 10.6 Å². The van der Waals surface area contributed by atoms with E-state index in [1.54, 1.807) is 12.1 Å². The van der Waals surface area contributed by atoms with Gasteiger partial charge in [0.2, 0.25) is 0 Å². The molecule has 0 saturated heterocycles. The summed E-state index contributed by atoms with van der Waals surface area (Å²) in [5.41, 5.74) is 2.36. The third-order valence-corrected chi connectivity index (χ3v) is 5.16. The average Bonchev–Trinajstić information content (AvgIpc) is 3.25. The van der Waals surface area contributed by atoms with Crippen LogP contribution in [-0.2, 0) is 0 Å². The molecule has 0 saturated carbocycles. The maximum Gasteiger partial charge on any atom is 0.197 e. The Morgan fingerprint density at radius 2 is 1.92 bits per heavy atom. The van der Waals surface area contributed by atoms with Crippen LogP contribution in [0.4, 0.5) is 5.13 Å². The maximum atomic E-state index is 9.95. The number of para-hydroxylation sites is 1. The van der Waals surface area contributed by atoms with Crippen LogP contribution in [0.5, 0.6) is 5.75 Å². The molecular weight excluding hydrogens is 342 g/mol. The Labute approximate surface area is 147 Å². The summed E-state index contributed by atoms with van der Waals surface area (Å²) in [4.78, 5) is 13.6. The summed E-state index contributed by atoms with van der Waals surface area (Å²) >= 11 is 3.01. The highest BCUT2D eigenvalue weighted by Gasteiger charge is 2.13. The van der Waals surface area contributed by atoms with Gasteiger partial charge in [0.05, 0.1) is 5.56 Å². The van der Waals surface area contributed by atoms with E-state index < -0.39 is 0 Å². The molecular formula is C16H15N5OS2. The summed E-state index contributed by atoms with van der Waals surface area (Å²) < 4.78 is 0. The fraction of sp³-hybridized carbons (Fsp3) is 0.188. The number of phenols is 1. The number of aromatic nitrogens is 2. The van der Waals surface area contributed by atoms with Crippen LogP contribution in [-0.4, -0.2) is 34.1 Å². The third-order valence-electron chi connectivity index (χ3n) is 3.53. The SMILES string of the molecule is Oc1ccccc1-c1nc(-c2csc(NC3=NCCCN3)n2)cs1. The summed E-state index contributed by atoms with van der Waals surface area (Å²) in [5.74, 6) is 1.01. The lowest BCUT2D eigenvalue weighted by Crippen LogP contribution is -2.35. The van der Waals surface area contributed by atoms with E-state index in [1.807, 2.05) is 22.9 Å². The topological polar surface area (TPSA) is 82.4 Å². The first-order valence-electron chi connectivity index (χ1n) is 7.55. The van der Waals surface area contributed by atoms with Crippen LogP contribution in [0.1, 0.15) is 6.42 Å². The van der Waals surface area contributed by atoms with E-state index >= 15 is 0 Å². The van der Waals surface area contributed by atoms with Gasteiger partial charge >= 0.3 is 0 Å². The molecule has 3 heterocycles. The Kier molecular flexibility index (Phi) is 4.14. The van der Waals surface area contributed by atoms with Crippen molar-refractivity contribution < 1.29 is 5.11 Å². The molecule has 1 aromatic carbocycles. The molecule has 8 heteroatoms. The fourth-order valence-corrected chi connectivity index (χ4v) is 3.89. The number of rotatable bonds is 3. The number of thiazole rings is 2. The molecule has 1 aliphatic rings. The molecule has 24 heavy (non-hydrogen) atoms. The molecule has 0 fully saturated rings. The van der Waals surface area contributed by atoms with Crippen molar-refractivity contribution in [2.45, 2.75) is 6.42 Å². The predicted molar refractivity (Wildman–Crippen MR) is 98.9 cm³/mol. The number of phenolic OH excluding ortho intramolecular Hbond substituents is 1. The van der Waals surface area contributed by atoms with Gasteiger partial charge in [-0.3, -0.25) is 4.99 Å². The Hall–Kier alpha value is -2.45. The molecule has 3 N–H and O–H groups in total. The minimum absolute atomic E-state index is 0.236. The second kappa shape index (κ2) is 6.58. The zero-order valence-electron chi connectivity index (χ0n) is 12.7. The highest BCUT2D eigenvalue weighted by Crippen LogP contribution is 2.34. The van der Waals surface area contributed by atoms with E-state index in [1.165, 1.54) is 22.7 Å². The van der Waals surface area contributed by atoms with Crippen molar-refractivity contribution in [2.24, 2.45) is 4.99 Å². The van der Waals surface area contributed by atoms with Crippen molar-refractivity contribution in [1.82, 2.24) is 15.3 Å². The van der Waals surface area contributed by atoms with Gasteiger partial charge < -0.3 is 15.7 Å². The summed E-state index contributed by atoms with van der Waals surface area (Å²) in [6.07, 6.45) is 1.06. The van der Waals surface area contributed by atoms with Crippen LogP contribution in [0.3, 0.4) is 0 Å². The van der Waals surface area contributed by atoms with Crippen molar-refractivity contribution in [2.75, 3.05) is 18.4 Å². The van der Waals surface area contributed by atoms with Gasteiger partial charge in [-0.2, -0.15) is 0 Å². The van der Waals surface area contributed by atoms with Crippen LogP contribution in [0.25, 0.3) is 22.0 Å². The number of anilines is 1. The van der Waals surface area contributed by atoms with Crippen molar-refractivity contribution in [1.29, 1.82) is 0 Å². The van der Waals surface area contributed by atoms with Gasteiger partial charge in [0, 0.05) is 23.8 Å². The summed E-state index contributed by atoms with van der Waals surface area (Å²) in [6.45, 7) is 1.77. The second-order valence-electron chi connectivity index (χ2n) is 5.23. The largest absolute Gasteiger partial charge is 0.507 e. The quantitative estimate of drug-likeness (QED) is 0.669. The van der Waals surface area contributed by atoms with Gasteiger partial charge in [-0.05, 0) is 18.6 Å². The van der Waals surface area contributed by atoms with Crippen LogP contribution in [0.15, 0.2) is 40.0 Å². The van der Waals surface area contributed by atoms with Crippen molar-refractivity contribution in [3.05, 3.63) is 35.0 Å². The van der Waals surface area contributed by atoms with E-state index in [4.69, 9.17) is 0 Å². The molecule has 0 radical (unpaired) electrons. The zero-order chi connectivity index (χ0) is 16.4. The standard InChI is InChI=1S/C16H15N5OS2/c22-13-5-2-1-4-10(13)14-19-11(8-23-14)12-9-24-16(20-12)21-15-17-6-3-7-18-15/h1-2,4-5,8-9,22H,3,6-7H2,(H2,17,18,20,21). The summed E-state index contributed by atoms with van der Waals surface area (Å²) in [5, 5.41) is 21.9. The van der Waals surface area contributed by atoms with Gasteiger partial charge in [0.1, 0.15) is 22.1 Å². The lowest BCUT2D eigenvalue weighted by molar-refractivity contribution is 0.477. The van der Waals surface area contributed by atoms with Crippen LogP contribution in [0, 0.1) is 0 Å². The van der Waals surface area contributed by atoms with Gasteiger partial charge in [-0.1, -0.05) is 12.1 Å². The fourth-order valence-electron chi connectivity index (χ4n) is 2.34. The number of aromatic hydroxyl groups is 1. The van der Waals surface area contributed by atoms with Gasteiger partial charge in [0.25, 0.3) is 0 Å². The first kappa shape index (κ1) is 15.1. The smallest absolute Gasteiger partial charge is 0.197 e. The molecule has 0 aliphatic carbocycles. The number of hydrogen-bond acceptors (Lipinski definition) is 8. The molecule has 0 atom stereocenters. The Balaban J connectivity index is 1.55. The van der Waals surface area contributed by atoms with Crippen molar-refractivity contribution >= 4 is 33.8 Å². The molecule has 6 nitrogen and oxygen atoms in total. The monoisotopic (exact) mass is 357 g/mol. The molecule has 3 aromatic rings. The summed E-state index contributed by atoms with van der Waals surface area (Å²) in [6, 6.07) is 7.21.